The van der Waals surface area contributed by atoms with Gasteiger partial charge in [0.2, 0.25) is 5.91 Å². The molecule has 2 aromatic rings. The van der Waals surface area contributed by atoms with Gasteiger partial charge in [0.1, 0.15) is 6.04 Å². The Morgan fingerprint density at radius 3 is 2.44 bits per heavy atom. The van der Waals surface area contributed by atoms with Crippen molar-refractivity contribution in [3.05, 3.63) is 41.0 Å². The first-order valence-electron chi connectivity index (χ1n) is 7.51. The summed E-state index contributed by atoms with van der Waals surface area (Å²) in [7, 11) is 1.72. The Labute approximate surface area is 148 Å². The van der Waals surface area contributed by atoms with Crippen LogP contribution in [0.2, 0.25) is 5.02 Å². The number of hydrogen-bond donors (Lipinski definition) is 2. The standard InChI is InChI=1S/C16H18ClF3N4O/c1-9(2)14(15(25)22-13-6-7-24(3)23-13)21-12-5-4-10(8-11(12)17)16(18,19)20/h4-9,14,21H,1-3H3,(H,22,23,25)/t14-/m0/s1. The van der Waals surface area contributed by atoms with Crippen molar-refractivity contribution in [3.8, 4) is 0 Å². The number of carbonyl (C=O) groups excluding carboxylic acids is 1. The Morgan fingerprint density at radius 2 is 1.96 bits per heavy atom. The molecule has 0 bridgehead atoms. The molecule has 2 N–H and O–H groups in total. The van der Waals surface area contributed by atoms with Crippen LogP contribution in [0.4, 0.5) is 24.7 Å². The summed E-state index contributed by atoms with van der Waals surface area (Å²) in [6, 6.07) is 3.91. The van der Waals surface area contributed by atoms with E-state index in [0.29, 0.717) is 5.82 Å². The normalized spacial score (nSPS) is 13.0. The van der Waals surface area contributed by atoms with Crippen LogP contribution in [-0.2, 0) is 18.0 Å². The number of aromatic nitrogens is 2. The van der Waals surface area contributed by atoms with Gasteiger partial charge in [-0.2, -0.15) is 18.3 Å². The average Bonchev–Trinajstić information content (AvgIpc) is 2.89. The summed E-state index contributed by atoms with van der Waals surface area (Å²) in [6.45, 7) is 3.63. The molecule has 1 aromatic carbocycles. The van der Waals surface area contributed by atoms with E-state index in [1.54, 1.807) is 24.0 Å². The van der Waals surface area contributed by atoms with Gasteiger partial charge in [0.15, 0.2) is 5.82 Å². The maximum absolute atomic E-state index is 12.7. The Kier molecular flexibility index (Phi) is 5.62. The summed E-state index contributed by atoms with van der Waals surface area (Å²) in [5.74, 6) is -0.106. The first kappa shape index (κ1) is 19.1. The summed E-state index contributed by atoms with van der Waals surface area (Å²) in [5.41, 5.74) is -0.591. The lowest BCUT2D eigenvalue weighted by Crippen LogP contribution is -2.39. The van der Waals surface area contributed by atoms with Crippen molar-refractivity contribution >= 4 is 29.0 Å². The van der Waals surface area contributed by atoms with Crippen molar-refractivity contribution in [2.45, 2.75) is 26.1 Å². The number of alkyl halides is 3. The maximum atomic E-state index is 12.7. The minimum absolute atomic E-state index is 0.105. The summed E-state index contributed by atoms with van der Waals surface area (Å²) >= 11 is 5.94. The lowest BCUT2D eigenvalue weighted by Gasteiger charge is -2.23. The van der Waals surface area contributed by atoms with E-state index in [2.05, 4.69) is 15.7 Å². The number of rotatable bonds is 5. The predicted octanol–water partition coefficient (Wildman–Crippen LogP) is 4.17. The SMILES string of the molecule is CC(C)[C@H](Nc1ccc(C(F)(F)F)cc1Cl)C(=O)Nc1ccn(C)n1. The van der Waals surface area contributed by atoms with Gasteiger partial charge in [-0.25, -0.2) is 0 Å². The minimum atomic E-state index is -4.48. The van der Waals surface area contributed by atoms with Gasteiger partial charge in [0.05, 0.1) is 16.3 Å². The second-order valence-corrected chi connectivity index (χ2v) is 6.33. The van der Waals surface area contributed by atoms with Crippen LogP contribution in [0.5, 0.6) is 0 Å². The number of nitrogens with one attached hydrogen (secondary N) is 2. The number of halogens is 4. The van der Waals surface area contributed by atoms with E-state index >= 15 is 0 Å². The molecule has 0 aliphatic rings. The molecule has 0 fully saturated rings. The highest BCUT2D eigenvalue weighted by molar-refractivity contribution is 6.33. The van der Waals surface area contributed by atoms with Crippen molar-refractivity contribution in [2.75, 3.05) is 10.6 Å². The molecule has 136 valence electrons. The Bertz CT molecular complexity index is 758. The average molecular weight is 375 g/mol. The van der Waals surface area contributed by atoms with Crippen LogP contribution in [0.3, 0.4) is 0 Å². The minimum Gasteiger partial charge on any atom is -0.372 e. The molecular formula is C16H18ClF3N4O. The smallest absolute Gasteiger partial charge is 0.372 e. The number of hydrogen-bond acceptors (Lipinski definition) is 3. The highest BCUT2D eigenvalue weighted by Gasteiger charge is 2.31. The molecule has 1 amide bonds. The van der Waals surface area contributed by atoms with Gasteiger partial charge < -0.3 is 10.6 Å². The number of anilines is 2. The predicted molar refractivity (Wildman–Crippen MR) is 90.5 cm³/mol. The molecule has 9 heteroatoms. The van der Waals surface area contributed by atoms with Gasteiger partial charge in [-0.15, -0.1) is 0 Å². The van der Waals surface area contributed by atoms with Crippen LogP contribution in [0, 0.1) is 5.92 Å². The number of aryl methyl sites for hydroxylation is 1. The second-order valence-electron chi connectivity index (χ2n) is 5.92. The third-order valence-corrected chi connectivity index (χ3v) is 3.83. The monoisotopic (exact) mass is 374 g/mol. The fourth-order valence-electron chi connectivity index (χ4n) is 2.20. The summed E-state index contributed by atoms with van der Waals surface area (Å²) in [6.07, 6.45) is -2.80. The first-order chi connectivity index (χ1) is 11.6. The fraction of sp³-hybridized carbons (Fsp3) is 0.375. The molecule has 1 aromatic heterocycles. The molecule has 0 unspecified atom stereocenters. The number of benzene rings is 1. The van der Waals surface area contributed by atoms with Crippen LogP contribution in [0.1, 0.15) is 19.4 Å². The third kappa shape index (κ3) is 4.88. The Balaban J connectivity index is 2.17. The Hall–Kier alpha value is -2.22. The fourth-order valence-corrected chi connectivity index (χ4v) is 2.43. The highest BCUT2D eigenvalue weighted by atomic mass is 35.5. The van der Waals surface area contributed by atoms with Gasteiger partial charge in [-0.1, -0.05) is 25.4 Å². The van der Waals surface area contributed by atoms with Gasteiger partial charge >= 0.3 is 6.18 Å². The quantitative estimate of drug-likeness (QED) is 0.825. The molecule has 0 saturated heterocycles. The van der Waals surface area contributed by atoms with Crippen molar-refractivity contribution in [1.82, 2.24) is 9.78 Å². The van der Waals surface area contributed by atoms with Gasteiger partial charge in [0.25, 0.3) is 0 Å². The topological polar surface area (TPSA) is 59.0 Å². The summed E-state index contributed by atoms with van der Waals surface area (Å²) in [4.78, 5) is 12.5. The van der Waals surface area contributed by atoms with Crippen LogP contribution >= 0.6 is 11.6 Å². The largest absolute Gasteiger partial charge is 0.416 e. The highest BCUT2D eigenvalue weighted by Crippen LogP contribution is 2.34. The molecule has 25 heavy (non-hydrogen) atoms. The number of nitrogens with zero attached hydrogens (tertiary/aromatic N) is 2. The van der Waals surface area contributed by atoms with E-state index in [0.717, 1.165) is 12.1 Å². The zero-order valence-electron chi connectivity index (χ0n) is 13.9. The number of amides is 1. The first-order valence-corrected chi connectivity index (χ1v) is 7.89. The van der Waals surface area contributed by atoms with E-state index in [1.807, 2.05) is 13.8 Å². The van der Waals surface area contributed by atoms with Crippen LogP contribution in [-0.4, -0.2) is 21.7 Å². The van der Waals surface area contributed by atoms with Crippen molar-refractivity contribution in [2.24, 2.45) is 13.0 Å². The molecular weight excluding hydrogens is 357 g/mol. The second kappa shape index (κ2) is 7.35. The molecule has 0 aliphatic carbocycles. The molecule has 5 nitrogen and oxygen atoms in total. The van der Waals surface area contributed by atoms with Gasteiger partial charge in [0, 0.05) is 19.3 Å². The summed E-state index contributed by atoms with van der Waals surface area (Å²) in [5, 5.41) is 9.53. The van der Waals surface area contributed by atoms with Gasteiger partial charge in [-0.05, 0) is 24.1 Å². The van der Waals surface area contributed by atoms with Gasteiger partial charge in [-0.3, -0.25) is 9.48 Å². The zero-order chi connectivity index (χ0) is 18.8. The van der Waals surface area contributed by atoms with Crippen molar-refractivity contribution in [3.63, 3.8) is 0 Å². The molecule has 0 spiro atoms. The zero-order valence-corrected chi connectivity index (χ0v) is 14.6. The summed E-state index contributed by atoms with van der Waals surface area (Å²) < 4.78 is 39.7. The molecule has 0 aliphatic heterocycles. The molecule has 0 saturated carbocycles. The molecule has 1 atom stereocenters. The molecule has 2 rings (SSSR count). The van der Waals surface area contributed by atoms with Crippen LogP contribution < -0.4 is 10.6 Å². The van der Waals surface area contributed by atoms with Crippen LogP contribution in [0.25, 0.3) is 0 Å². The van der Waals surface area contributed by atoms with Crippen LogP contribution in [0.15, 0.2) is 30.5 Å². The van der Waals surface area contributed by atoms with E-state index < -0.39 is 17.8 Å². The van der Waals surface area contributed by atoms with E-state index in [9.17, 15) is 18.0 Å². The van der Waals surface area contributed by atoms with E-state index in [1.165, 1.54) is 6.07 Å². The number of carbonyl (C=O) groups is 1. The van der Waals surface area contributed by atoms with E-state index in [-0.39, 0.29) is 22.5 Å². The van der Waals surface area contributed by atoms with E-state index in [4.69, 9.17) is 11.6 Å². The third-order valence-electron chi connectivity index (χ3n) is 3.52. The lowest BCUT2D eigenvalue weighted by molar-refractivity contribution is -0.137. The Morgan fingerprint density at radius 1 is 1.28 bits per heavy atom. The van der Waals surface area contributed by atoms with Crippen molar-refractivity contribution < 1.29 is 18.0 Å². The van der Waals surface area contributed by atoms with Crippen molar-refractivity contribution in [1.29, 1.82) is 0 Å². The maximum Gasteiger partial charge on any atom is 0.416 e. The molecule has 0 radical (unpaired) electrons. The lowest BCUT2D eigenvalue weighted by atomic mass is 10.0. The molecule has 1 heterocycles.